The first-order valence-electron chi connectivity index (χ1n) is 6.50. The fourth-order valence-corrected chi connectivity index (χ4v) is 2.42. The lowest BCUT2D eigenvalue weighted by Crippen LogP contribution is -2.28. The van der Waals surface area contributed by atoms with E-state index < -0.39 is 0 Å². The Kier molecular flexibility index (Phi) is 4.68. The Hall–Kier alpha value is -1.44. The van der Waals surface area contributed by atoms with Gasteiger partial charge in [0.25, 0.3) is 0 Å². The fourth-order valence-electron chi connectivity index (χ4n) is 2.42. The molecule has 2 atom stereocenters. The molecule has 1 aromatic heterocycles. The van der Waals surface area contributed by atoms with Gasteiger partial charge in [0.15, 0.2) is 0 Å². The largest absolute Gasteiger partial charge is 0.378 e. The molecule has 0 saturated carbocycles. The molecule has 1 aliphatic heterocycles. The molecule has 1 N–H and O–H groups in total. The van der Waals surface area contributed by atoms with Crippen LogP contribution in [0.25, 0.3) is 0 Å². The lowest BCUT2D eigenvalue weighted by Gasteiger charge is -2.17. The zero-order valence-electron chi connectivity index (χ0n) is 10.7. The van der Waals surface area contributed by atoms with Crippen LogP contribution in [-0.4, -0.2) is 24.2 Å². The van der Waals surface area contributed by atoms with Crippen LogP contribution in [0.4, 0.5) is 0 Å². The van der Waals surface area contributed by atoms with Crippen molar-refractivity contribution in [3.8, 4) is 6.07 Å². The topological polar surface area (TPSA) is 57.9 Å². The first-order chi connectivity index (χ1) is 8.83. The van der Waals surface area contributed by atoms with Gasteiger partial charge in [-0.05, 0) is 36.5 Å². The van der Waals surface area contributed by atoms with Gasteiger partial charge in [0, 0.05) is 25.9 Å². The minimum absolute atomic E-state index is 0.407. The molecule has 4 nitrogen and oxygen atoms in total. The highest BCUT2D eigenvalue weighted by Gasteiger charge is 2.25. The summed E-state index contributed by atoms with van der Waals surface area (Å²) >= 11 is 0. The van der Waals surface area contributed by atoms with Gasteiger partial charge in [0.2, 0.25) is 0 Å². The molecule has 2 heterocycles. The van der Waals surface area contributed by atoms with Gasteiger partial charge in [-0.1, -0.05) is 6.92 Å². The van der Waals surface area contributed by atoms with Crippen LogP contribution in [-0.2, 0) is 11.3 Å². The lowest BCUT2D eigenvalue weighted by atomic mass is 9.99. The number of ether oxygens (including phenoxy) is 1. The van der Waals surface area contributed by atoms with E-state index in [0.29, 0.717) is 17.7 Å². The van der Waals surface area contributed by atoms with Gasteiger partial charge in [-0.25, -0.2) is 4.98 Å². The standard InChI is InChI=1S/C14H19N3O/c1-2-14-12(4-6-18-14)10-16-9-11-3-5-17-13(7-11)8-15/h3,5,7,12,14,16H,2,4,6,9-10H2,1H3. The Morgan fingerprint density at radius 1 is 1.61 bits per heavy atom. The maximum absolute atomic E-state index is 8.78. The molecule has 1 fully saturated rings. The second kappa shape index (κ2) is 6.48. The minimum atomic E-state index is 0.407. The maximum Gasteiger partial charge on any atom is 0.140 e. The summed E-state index contributed by atoms with van der Waals surface area (Å²) in [5.74, 6) is 0.618. The third kappa shape index (κ3) is 3.28. The van der Waals surface area contributed by atoms with Crippen molar-refractivity contribution in [3.05, 3.63) is 29.6 Å². The van der Waals surface area contributed by atoms with Crippen molar-refractivity contribution in [3.63, 3.8) is 0 Å². The number of rotatable bonds is 5. The summed E-state index contributed by atoms with van der Waals surface area (Å²) in [5.41, 5.74) is 1.58. The molecule has 4 heteroatoms. The lowest BCUT2D eigenvalue weighted by molar-refractivity contribution is 0.0872. The van der Waals surface area contributed by atoms with Crippen molar-refractivity contribution in [1.82, 2.24) is 10.3 Å². The molecular formula is C14H19N3O. The summed E-state index contributed by atoms with van der Waals surface area (Å²) in [7, 11) is 0. The second-order valence-corrected chi connectivity index (χ2v) is 4.66. The van der Waals surface area contributed by atoms with E-state index in [1.807, 2.05) is 12.1 Å². The molecule has 0 amide bonds. The van der Waals surface area contributed by atoms with Crippen molar-refractivity contribution in [2.75, 3.05) is 13.2 Å². The Morgan fingerprint density at radius 2 is 2.50 bits per heavy atom. The van der Waals surface area contributed by atoms with Crippen molar-refractivity contribution >= 4 is 0 Å². The summed E-state index contributed by atoms with van der Waals surface area (Å²) in [5, 5.41) is 12.2. The average molecular weight is 245 g/mol. The van der Waals surface area contributed by atoms with Gasteiger partial charge in [0.1, 0.15) is 11.8 Å². The van der Waals surface area contributed by atoms with Crippen LogP contribution in [0, 0.1) is 17.2 Å². The van der Waals surface area contributed by atoms with Gasteiger partial charge < -0.3 is 10.1 Å². The Labute approximate surface area is 108 Å². The van der Waals surface area contributed by atoms with E-state index in [2.05, 4.69) is 23.3 Å². The highest BCUT2D eigenvalue weighted by Crippen LogP contribution is 2.22. The van der Waals surface area contributed by atoms with Crippen molar-refractivity contribution in [1.29, 1.82) is 5.26 Å². The van der Waals surface area contributed by atoms with E-state index in [9.17, 15) is 0 Å². The minimum Gasteiger partial charge on any atom is -0.378 e. The third-order valence-electron chi connectivity index (χ3n) is 3.42. The number of hydrogen-bond acceptors (Lipinski definition) is 4. The Balaban J connectivity index is 1.79. The molecule has 2 rings (SSSR count). The summed E-state index contributed by atoms with van der Waals surface area (Å²) in [4.78, 5) is 3.96. The predicted molar refractivity (Wildman–Crippen MR) is 68.8 cm³/mol. The summed E-state index contributed by atoms with van der Waals surface area (Å²) in [6.07, 6.45) is 4.32. The summed E-state index contributed by atoms with van der Waals surface area (Å²) in [6.45, 7) is 4.82. The molecule has 0 aromatic carbocycles. The van der Waals surface area contributed by atoms with E-state index in [1.165, 1.54) is 0 Å². The highest BCUT2D eigenvalue weighted by atomic mass is 16.5. The zero-order valence-corrected chi connectivity index (χ0v) is 10.7. The van der Waals surface area contributed by atoms with Gasteiger partial charge in [0.05, 0.1) is 6.10 Å². The van der Waals surface area contributed by atoms with E-state index in [1.54, 1.807) is 6.20 Å². The molecular weight excluding hydrogens is 226 g/mol. The van der Waals surface area contributed by atoms with Gasteiger partial charge in [-0.3, -0.25) is 0 Å². The molecule has 1 saturated heterocycles. The van der Waals surface area contributed by atoms with E-state index in [-0.39, 0.29) is 0 Å². The van der Waals surface area contributed by atoms with Crippen LogP contribution in [0.15, 0.2) is 18.3 Å². The molecule has 0 aliphatic carbocycles. The monoisotopic (exact) mass is 245 g/mol. The van der Waals surface area contributed by atoms with E-state index in [0.717, 1.165) is 38.1 Å². The highest BCUT2D eigenvalue weighted by molar-refractivity contribution is 5.25. The average Bonchev–Trinajstić information content (AvgIpc) is 2.86. The van der Waals surface area contributed by atoms with Crippen LogP contribution in [0.1, 0.15) is 31.0 Å². The van der Waals surface area contributed by atoms with Crippen LogP contribution in [0.3, 0.4) is 0 Å². The van der Waals surface area contributed by atoms with Crippen LogP contribution < -0.4 is 5.32 Å². The fraction of sp³-hybridized carbons (Fsp3) is 0.571. The molecule has 1 aromatic rings. The van der Waals surface area contributed by atoms with Gasteiger partial charge in [-0.15, -0.1) is 0 Å². The molecule has 18 heavy (non-hydrogen) atoms. The zero-order chi connectivity index (χ0) is 12.8. The first kappa shape index (κ1) is 13.0. The van der Waals surface area contributed by atoms with Gasteiger partial charge in [-0.2, -0.15) is 5.26 Å². The molecule has 2 unspecified atom stereocenters. The smallest absolute Gasteiger partial charge is 0.140 e. The molecule has 96 valence electrons. The molecule has 0 spiro atoms. The van der Waals surface area contributed by atoms with Gasteiger partial charge >= 0.3 is 0 Å². The number of nitrogens with one attached hydrogen (secondary N) is 1. The summed E-state index contributed by atoms with van der Waals surface area (Å²) < 4.78 is 5.66. The number of nitriles is 1. The predicted octanol–water partition coefficient (Wildman–Crippen LogP) is 1.86. The maximum atomic E-state index is 8.78. The second-order valence-electron chi connectivity index (χ2n) is 4.66. The molecule has 0 bridgehead atoms. The van der Waals surface area contributed by atoms with Crippen LogP contribution in [0.2, 0.25) is 0 Å². The quantitative estimate of drug-likeness (QED) is 0.860. The number of aromatic nitrogens is 1. The van der Waals surface area contributed by atoms with Crippen LogP contribution in [0.5, 0.6) is 0 Å². The Bertz CT molecular complexity index is 427. The first-order valence-corrected chi connectivity index (χ1v) is 6.50. The van der Waals surface area contributed by atoms with Crippen molar-refractivity contribution in [2.45, 2.75) is 32.4 Å². The number of hydrogen-bond donors (Lipinski definition) is 1. The SMILES string of the molecule is CCC1OCCC1CNCc1ccnc(C#N)c1. The third-order valence-corrected chi connectivity index (χ3v) is 3.42. The summed E-state index contributed by atoms with van der Waals surface area (Å²) in [6, 6.07) is 5.83. The van der Waals surface area contributed by atoms with E-state index >= 15 is 0 Å². The van der Waals surface area contributed by atoms with Crippen molar-refractivity contribution in [2.24, 2.45) is 5.92 Å². The molecule has 1 aliphatic rings. The van der Waals surface area contributed by atoms with Crippen LogP contribution >= 0.6 is 0 Å². The number of nitrogens with zero attached hydrogens (tertiary/aromatic N) is 2. The Morgan fingerprint density at radius 3 is 3.28 bits per heavy atom. The number of pyridine rings is 1. The van der Waals surface area contributed by atoms with E-state index in [4.69, 9.17) is 10.00 Å². The van der Waals surface area contributed by atoms with Crippen molar-refractivity contribution < 1.29 is 4.74 Å². The normalized spacial score (nSPS) is 22.9. The molecule has 0 radical (unpaired) electrons.